The molecule has 4 rings (SSSR count). The molecule has 0 aliphatic heterocycles. The van der Waals surface area contributed by atoms with Gasteiger partial charge in [-0.2, -0.15) is 0 Å². The van der Waals surface area contributed by atoms with Crippen molar-refractivity contribution in [3.8, 4) is 0 Å². The van der Waals surface area contributed by atoms with Gasteiger partial charge in [0.05, 0.1) is 0 Å². The van der Waals surface area contributed by atoms with Gasteiger partial charge in [0, 0.05) is 23.2 Å². The number of aromatic amines is 2. The molecule has 0 radical (unpaired) electrons. The molecule has 0 spiro atoms. The molecule has 1 fully saturated rings. The third-order valence-electron chi connectivity index (χ3n) is 4.94. The Morgan fingerprint density at radius 2 is 1.70 bits per heavy atom. The minimum absolute atomic E-state index is 0.0443. The van der Waals surface area contributed by atoms with Crippen LogP contribution in [0.25, 0.3) is 10.9 Å². The maximum atomic E-state index is 11.9. The van der Waals surface area contributed by atoms with Crippen LogP contribution >= 0.6 is 0 Å². The first-order chi connectivity index (χ1) is 11.2. The van der Waals surface area contributed by atoms with E-state index in [1.165, 1.54) is 23.1 Å². The predicted octanol–water partition coefficient (Wildman–Crippen LogP) is 4.66. The van der Waals surface area contributed by atoms with E-state index in [4.69, 9.17) is 0 Å². The monoisotopic (exact) mass is 308 g/mol. The molecule has 3 nitrogen and oxygen atoms in total. The van der Waals surface area contributed by atoms with Crippen molar-refractivity contribution in [3.63, 3.8) is 0 Å². The van der Waals surface area contributed by atoms with Crippen molar-refractivity contribution >= 4 is 10.9 Å². The molecule has 3 heteroatoms. The van der Waals surface area contributed by atoms with E-state index in [2.05, 4.69) is 41.2 Å². The Hall–Kier alpha value is -2.29. The van der Waals surface area contributed by atoms with Crippen LogP contribution in [0.4, 0.5) is 0 Å². The number of rotatable bonds is 2. The maximum absolute atomic E-state index is 11.9. The van der Waals surface area contributed by atoms with E-state index in [9.17, 15) is 4.79 Å². The summed E-state index contributed by atoms with van der Waals surface area (Å²) < 4.78 is 0. The lowest BCUT2D eigenvalue weighted by atomic mass is 9.60. The first-order valence-electron chi connectivity index (χ1n) is 8.47. The van der Waals surface area contributed by atoms with Crippen molar-refractivity contribution in [2.75, 3.05) is 0 Å². The van der Waals surface area contributed by atoms with Gasteiger partial charge >= 0.3 is 0 Å². The molecule has 0 atom stereocenters. The molecule has 23 heavy (non-hydrogen) atoms. The lowest BCUT2D eigenvalue weighted by Crippen LogP contribution is -2.35. The molecule has 3 aromatic rings. The van der Waals surface area contributed by atoms with Gasteiger partial charge in [-0.1, -0.05) is 50.1 Å². The average molecular weight is 308 g/mol. The second-order valence-corrected chi connectivity index (χ2v) is 6.10. The number of fused-ring (bicyclic) bond motifs is 1. The van der Waals surface area contributed by atoms with E-state index >= 15 is 0 Å². The smallest absolute Gasteiger partial charge is 0.272 e. The van der Waals surface area contributed by atoms with E-state index in [0.29, 0.717) is 5.52 Å². The van der Waals surface area contributed by atoms with Gasteiger partial charge in [0.25, 0.3) is 5.56 Å². The summed E-state index contributed by atoms with van der Waals surface area (Å²) in [6.45, 7) is 6.11. The lowest BCUT2D eigenvalue weighted by molar-refractivity contribution is 0.304. The number of hydrogen-bond donors (Lipinski definition) is 2. The Kier molecular flexibility index (Phi) is 4.12. The van der Waals surface area contributed by atoms with Crippen LogP contribution in [-0.2, 0) is 5.41 Å². The summed E-state index contributed by atoms with van der Waals surface area (Å²) in [6, 6.07) is 10.8. The zero-order valence-corrected chi connectivity index (χ0v) is 14.1. The van der Waals surface area contributed by atoms with Crippen LogP contribution in [0.3, 0.4) is 0 Å². The number of nitrogens with one attached hydrogen (secondary N) is 2. The summed E-state index contributed by atoms with van der Waals surface area (Å²) in [7, 11) is 0. The van der Waals surface area contributed by atoms with Crippen molar-refractivity contribution < 1.29 is 0 Å². The Bertz CT molecular complexity index is 851. The van der Waals surface area contributed by atoms with Gasteiger partial charge in [0.15, 0.2) is 0 Å². The minimum Gasteiger partial charge on any atom is -0.356 e. The van der Waals surface area contributed by atoms with Crippen molar-refractivity contribution in [1.29, 1.82) is 0 Å². The molecule has 2 aromatic heterocycles. The number of aromatic nitrogens is 2. The molecule has 2 N–H and O–H groups in total. The molecule has 1 aliphatic carbocycles. The highest BCUT2D eigenvalue weighted by atomic mass is 16.1. The molecular formula is C20H24N2O. The quantitative estimate of drug-likeness (QED) is 0.710. The van der Waals surface area contributed by atoms with E-state index in [0.717, 1.165) is 18.2 Å². The largest absolute Gasteiger partial charge is 0.356 e. The van der Waals surface area contributed by atoms with Crippen molar-refractivity contribution in [3.05, 3.63) is 69.8 Å². The maximum Gasteiger partial charge on any atom is 0.272 e. The summed E-state index contributed by atoms with van der Waals surface area (Å²) in [5.41, 5.74) is 4.62. The normalized spacial score (nSPS) is 15.6. The molecule has 1 saturated carbocycles. The summed E-state index contributed by atoms with van der Waals surface area (Å²) in [5.74, 6) is 0. The van der Waals surface area contributed by atoms with E-state index < -0.39 is 0 Å². The third-order valence-corrected chi connectivity index (χ3v) is 4.94. The SMILES string of the molecule is CC.Cc1ccc(C2(c3c[nH]c4c(=O)[nH]ccc34)CCC2)cc1. The first-order valence-corrected chi connectivity index (χ1v) is 8.47. The van der Waals surface area contributed by atoms with E-state index in [-0.39, 0.29) is 11.0 Å². The van der Waals surface area contributed by atoms with Gasteiger partial charge in [-0.3, -0.25) is 4.79 Å². The standard InChI is InChI=1S/C18H18N2O.C2H6/c1-12-3-5-13(6-4-12)18(8-2-9-18)15-11-20-16-14(15)7-10-19-17(16)21;1-2/h3-7,10-11,20H,2,8-9H2,1H3,(H,19,21);1-2H3. The topological polar surface area (TPSA) is 48.6 Å². The number of hydrogen-bond acceptors (Lipinski definition) is 1. The first kappa shape index (κ1) is 15.6. The fraction of sp³-hybridized carbons (Fsp3) is 0.350. The van der Waals surface area contributed by atoms with Crippen LogP contribution in [0.2, 0.25) is 0 Å². The molecule has 0 saturated heterocycles. The lowest BCUT2D eigenvalue weighted by Gasteiger charge is -2.42. The average Bonchev–Trinajstić information content (AvgIpc) is 2.96. The summed E-state index contributed by atoms with van der Waals surface area (Å²) in [4.78, 5) is 17.8. The van der Waals surface area contributed by atoms with Crippen LogP contribution in [0.5, 0.6) is 0 Å². The molecule has 0 bridgehead atoms. The molecular weight excluding hydrogens is 284 g/mol. The number of benzene rings is 1. The second kappa shape index (κ2) is 6.07. The van der Waals surface area contributed by atoms with E-state index in [1.54, 1.807) is 6.20 Å². The summed E-state index contributed by atoms with van der Waals surface area (Å²) in [5, 5.41) is 1.05. The van der Waals surface area contributed by atoms with Crippen LogP contribution in [0, 0.1) is 6.92 Å². The van der Waals surface area contributed by atoms with Gasteiger partial charge in [-0.25, -0.2) is 0 Å². The highest BCUT2D eigenvalue weighted by Gasteiger charge is 2.41. The van der Waals surface area contributed by atoms with Crippen LogP contribution < -0.4 is 5.56 Å². The zero-order valence-electron chi connectivity index (χ0n) is 14.1. The van der Waals surface area contributed by atoms with Crippen LogP contribution in [0.15, 0.2) is 47.5 Å². The summed E-state index contributed by atoms with van der Waals surface area (Å²) in [6.07, 6.45) is 7.30. The fourth-order valence-corrected chi connectivity index (χ4v) is 3.58. The van der Waals surface area contributed by atoms with Gasteiger partial charge in [0.1, 0.15) is 5.52 Å². The molecule has 0 amide bonds. The Morgan fingerprint density at radius 1 is 1.00 bits per heavy atom. The molecule has 120 valence electrons. The van der Waals surface area contributed by atoms with Gasteiger partial charge < -0.3 is 9.97 Å². The second-order valence-electron chi connectivity index (χ2n) is 6.10. The third kappa shape index (κ3) is 2.40. The zero-order chi connectivity index (χ0) is 16.4. The molecule has 1 aromatic carbocycles. The van der Waals surface area contributed by atoms with Gasteiger partial charge in [0.2, 0.25) is 0 Å². The highest BCUT2D eigenvalue weighted by molar-refractivity contribution is 5.84. The van der Waals surface area contributed by atoms with Gasteiger partial charge in [-0.05, 0) is 37.0 Å². The molecule has 0 unspecified atom stereocenters. The minimum atomic E-state index is -0.0443. The van der Waals surface area contributed by atoms with E-state index in [1.807, 2.05) is 26.1 Å². The molecule has 1 aliphatic rings. The Labute approximate surface area is 136 Å². The number of aryl methyl sites for hydroxylation is 1. The Morgan fingerprint density at radius 3 is 2.30 bits per heavy atom. The van der Waals surface area contributed by atoms with Crippen molar-refractivity contribution in [2.24, 2.45) is 0 Å². The van der Waals surface area contributed by atoms with Crippen LogP contribution in [-0.4, -0.2) is 9.97 Å². The van der Waals surface area contributed by atoms with Crippen LogP contribution in [0.1, 0.15) is 49.8 Å². The Balaban J connectivity index is 0.000000753. The van der Waals surface area contributed by atoms with Crippen molar-refractivity contribution in [2.45, 2.75) is 45.4 Å². The predicted molar refractivity (Wildman–Crippen MR) is 96.1 cm³/mol. The fourth-order valence-electron chi connectivity index (χ4n) is 3.58. The number of H-pyrrole nitrogens is 2. The van der Waals surface area contributed by atoms with Crippen molar-refractivity contribution in [1.82, 2.24) is 9.97 Å². The number of pyridine rings is 1. The summed E-state index contributed by atoms with van der Waals surface area (Å²) >= 11 is 0. The van der Waals surface area contributed by atoms with Gasteiger partial charge in [-0.15, -0.1) is 0 Å². The molecule has 2 heterocycles. The highest BCUT2D eigenvalue weighted by Crippen LogP contribution is 2.50.